The topological polar surface area (TPSA) is 142 Å². The average molecular weight is 671 g/mol. The summed E-state index contributed by atoms with van der Waals surface area (Å²) < 4.78 is 106. The number of carbonyl (C=O) groups excluding carboxylic acids is 1. The number of ether oxygens (including phenoxy) is 1. The second-order valence-electron chi connectivity index (χ2n) is 10.7. The number of hydrogen-bond donors (Lipinski definition) is 4. The molecule has 3 rings (SSSR count). The van der Waals surface area contributed by atoms with Crippen LogP contribution in [0.3, 0.4) is 0 Å². The average Bonchev–Trinajstić information content (AvgIpc) is 3.29. The lowest BCUT2D eigenvalue weighted by atomic mass is 9.95. The summed E-state index contributed by atoms with van der Waals surface area (Å²) in [5.41, 5.74) is -0.675. The minimum Gasteiger partial charge on any atom is -0.485 e. The summed E-state index contributed by atoms with van der Waals surface area (Å²) in [5.74, 6) is -5.15. The van der Waals surface area contributed by atoms with E-state index < -0.39 is 73.5 Å². The number of imidazole rings is 1. The molecule has 10 nitrogen and oxygen atoms in total. The molecule has 2 aromatic heterocycles. The first-order valence-corrected chi connectivity index (χ1v) is 13.3. The highest BCUT2D eigenvalue weighted by Crippen LogP contribution is 2.30. The van der Waals surface area contributed by atoms with Gasteiger partial charge in [0.25, 0.3) is 5.91 Å². The Morgan fingerprint density at radius 3 is 2.07 bits per heavy atom. The van der Waals surface area contributed by atoms with Gasteiger partial charge in [0.05, 0.1) is 16.8 Å². The van der Waals surface area contributed by atoms with Crippen LogP contribution in [0.5, 0.6) is 5.75 Å². The Morgan fingerprint density at radius 2 is 1.59 bits per heavy atom. The number of carboxylic acid groups (broad SMARTS) is 2. The van der Waals surface area contributed by atoms with Crippen molar-refractivity contribution in [1.82, 2.24) is 20.0 Å². The molecule has 0 aliphatic heterocycles. The van der Waals surface area contributed by atoms with E-state index in [1.54, 1.807) is 33.0 Å². The molecule has 1 aromatic carbocycles. The zero-order valence-corrected chi connectivity index (χ0v) is 24.7. The third kappa shape index (κ3) is 10.5. The molecule has 0 spiro atoms. The van der Waals surface area contributed by atoms with E-state index in [9.17, 15) is 44.7 Å². The van der Waals surface area contributed by atoms with Gasteiger partial charge in [0, 0.05) is 19.2 Å². The molecular weight excluding hydrogens is 640 g/mol. The van der Waals surface area contributed by atoms with Gasteiger partial charge in [-0.1, -0.05) is 19.9 Å². The van der Waals surface area contributed by atoms with Crippen LogP contribution in [0.15, 0.2) is 30.5 Å². The number of halogens is 8. The fraction of sp³-hybridized carbons (Fsp3) is 0.429. The number of alkyl halides is 6. The van der Waals surface area contributed by atoms with Crippen molar-refractivity contribution >= 4 is 23.6 Å². The molecule has 18 heteroatoms. The molecule has 2 amide bonds. The van der Waals surface area contributed by atoms with Crippen LogP contribution in [-0.4, -0.2) is 62.0 Å². The minimum atomic E-state index is -5.08. The monoisotopic (exact) mass is 670 g/mol. The molecule has 0 aliphatic rings. The van der Waals surface area contributed by atoms with Gasteiger partial charge in [-0.2, -0.15) is 26.3 Å². The summed E-state index contributed by atoms with van der Waals surface area (Å²) in [7, 11) is 0. The van der Waals surface area contributed by atoms with Gasteiger partial charge in [-0.15, -0.1) is 0 Å². The first-order chi connectivity index (χ1) is 21.0. The van der Waals surface area contributed by atoms with Crippen LogP contribution in [0.4, 0.5) is 39.9 Å². The highest BCUT2D eigenvalue weighted by atomic mass is 19.4. The Kier molecular flexibility index (Phi) is 11.9. The van der Waals surface area contributed by atoms with Crippen LogP contribution in [0.2, 0.25) is 0 Å². The van der Waals surface area contributed by atoms with Crippen molar-refractivity contribution in [3.05, 3.63) is 64.6 Å². The molecule has 0 bridgehead atoms. The smallest absolute Gasteiger partial charge is 0.485 e. The first-order valence-electron chi connectivity index (χ1n) is 13.3. The highest BCUT2D eigenvalue weighted by Gasteiger charge is 2.38. The first kappa shape index (κ1) is 37.5. The summed E-state index contributed by atoms with van der Waals surface area (Å²) in [6.07, 6.45) is -11.4. The van der Waals surface area contributed by atoms with Gasteiger partial charge < -0.3 is 25.6 Å². The molecule has 4 N–H and O–H groups in total. The van der Waals surface area contributed by atoms with Crippen LogP contribution in [0.25, 0.3) is 5.65 Å². The number of rotatable bonds is 10. The number of amides is 2. The zero-order chi connectivity index (χ0) is 35.2. The number of carbonyl (C=O) groups is 3. The van der Waals surface area contributed by atoms with Gasteiger partial charge in [-0.3, -0.25) is 9.20 Å². The lowest BCUT2D eigenvalue weighted by Gasteiger charge is -2.30. The standard InChI is InChI=1S/C26H29F5N4O4.C2HF3O2/c1-14(2)20-21(23(36)32-13-25(4,34-24(37)38)8-9-26(29,30)31)35-11-15(3)10-19(22(35)33-20)39-12-16-17(27)6-5-7-18(16)28;3-2(4,5)1(6)7/h5-7,10-11,14,34H,8-9,12-13H2,1-4H3,(H,32,36)(H,37,38);(H,6,7). The number of nitrogens with one attached hydrogen (secondary N) is 2. The van der Waals surface area contributed by atoms with E-state index in [0.29, 0.717) is 11.3 Å². The lowest BCUT2D eigenvalue weighted by Crippen LogP contribution is -2.53. The van der Waals surface area contributed by atoms with Crippen molar-refractivity contribution in [2.45, 2.75) is 71.0 Å². The van der Waals surface area contributed by atoms with Gasteiger partial charge in [-0.25, -0.2) is 23.4 Å². The van der Waals surface area contributed by atoms with Gasteiger partial charge >= 0.3 is 24.4 Å². The number of carboxylic acids is 1. The van der Waals surface area contributed by atoms with Crippen LogP contribution >= 0.6 is 0 Å². The molecule has 3 aromatic rings. The van der Waals surface area contributed by atoms with Gasteiger partial charge in [0.1, 0.15) is 23.9 Å². The Morgan fingerprint density at radius 1 is 1.02 bits per heavy atom. The largest absolute Gasteiger partial charge is 0.490 e. The summed E-state index contributed by atoms with van der Waals surface area (Å²) in [6, 6.07) is 5.03. The van der Waals surface area contributed by atoms with Crippen LogP contribution in [0, 0.1) is 18.6 Å². The molecule has 1 atom stereocenters. The number of nitrogens with zero attached hydrogens (tertiary/aromatic N) is 2. The fourth-order valence-electron chi connectivity index (χ4n) is 4.05. The minimum absolute atomic E-state index is 0.0686. The fourth-order valence-corrected chi connectivity index (χ4v) is 4.05. The third-order valence-electron chi connectivity index (χ3n) is 6.30. The number of benzene rings is 1. The van der Waals surface area contributed by atoms with Crippen molar-refractivity contribution in [3.8, 4) is 5.75 Å². The van der Waals surface area contributed by atoms with E-state index in [-0.39, 0.29) is 28.6 Å². The van der Waals surface area contributed by atoms with Gasteiger partial charge in [-0.05, 0) is 49.9 Å². The number of fused-ring (bicyclic) bond motifs is 1. The van der Waals surface area contributed by atoms with Crippen molar-refractivity contribution in [2.75, 3.05) is 6.54 Å². The number of pyridine rings is 1. The third-order valence-corrected chi connectivity index (χ3v) is 6.30. The maximum Gasteiger partial charge on any atom is 0.490 e. The van der Waals surface area contributed by atoms with Crippen LogP contribution in [-0.2, 0) is 11.4 Å². The normalized spacial score (nSPS) is 13.1. The molecule has 0 radical (unpaired) electrons. The maximum absolute atomic E-state index is 14.1. The quantitative estimate of drug-likeness (QED) is 0.184. The molecule has 2 heterocycles. The van der Waals surface area contributed by atoms with E-state index >= 15 is 0 Å². The highest BCUT2D eigenvalue weighted by molar-refractivity contribution is 5.95. The van der Waals surface area contributed by atoms with Crippen LogP contribution in [0.1, 0.15) is 66.8 Å². The van der Waals surface area contributed by atoms with Crippen molar-refractivity contribution in [3.63, 3.8) is 0 Å². The van der Waals surface area contributed by atoms with Gasteiger partial charge in [0.15, 0.2) is 11.4 Å². The Bertz CT molecular complexity index is 1550. The number of aliphatic carboxylic acids is 1. The second kappa shape index (κ2) is 14.6. The summed E-state index contributed by atoms with van der Waals surface area (Å²) >= 11 is 0. The summed E-state index contributed by atoms with van der Waals surface area (Å²) in [4.78, 5) is 38.0. The van der Waals surface area contributed by atoms with Gasteiger partial charge in [0.2, 0.25) is 0 Å². The Labute approximate surface area is 256 Å². The predicted molar refractivity (Wildman–Crippen MR) is 146 cm³/mol. The van der Waals surface area contributed by atoms with E-state index in [1.807, 2.05) is 0 Å². The SMILES string of the molecule is Cc1cc(OCc2c(F)cccc2F)c2nc(C(C)C)c(C(=O)NCC(C)(CCC(F)(F)F)NC(=O)O)n2c1.O=C(O)C(F)(F)F. The molecule has 0 fully saturated rings. The second-order valence-corrected chi connectivity index (χ2v) is 10.7. The van der Waals surface area contributed by atoms with E-state index in [0.717, 1.165) is 12.1 Å². The van der Waals surface area contributed by atoms with E-state index in [1.165, 1.54) is 17.4 Å². The number of aryl methyl sites for hydroxylation is 1. The molecule has 0 saturated carbocycles. The maximum atomic E-state index is 14.1. The molecular formula is C28H30F8N4O6. The van der Waals surface area contributed by atoms with Crippen molar-refractivity contribution in [1.29, 1.82) is 0 Å². The molecule has 254 valence electrons. The zero-order valence-electron chi connectivity index (χ0n) is 24.7. The number of hydrogen-bond acceptors (Lipinski definition) is 5. The van der Waals surface area contributed by atoms with E-state index in [2.05, 4.69) is 15.6 Å². The Balaban J connectivity index is 0.000000942. The lowest BCUT2D eigenvalue weighted by molar-refractivity contribution is -0.192. The predicted octanol–water partition coefficient (Wildman–Crippen LogP) is 6.36. The molecule has 0 saturated heterocycles. The van der Waals surface area contributed by atoms with Crippen molar-refractivity contribution < 1.29 is 64.5 Å². The molecule has 1 unspecified atom stereocenters. The molecule has 46 heavy (non-hydrogen) atoms. The Hall–Kier alpha value is -4.64. The molecule has 0 aliphatic carbocycles. The van der Waals surface area contributed by atoms with Crippen LogP contribution < -0.4 is 15.4 Å². The summed E-state index contributed by atoms with van der Waals surface area (Å²) in [5, 5.41) is 20.9. The number of aromatic nitrogens is 2. The summed E-state index contributed by atoms with van der Waals surface area (Å²) in [6.45, 7) is 5.66. The van der Waals surface area contributed by atoms with E-state index in [4.69, 9.17) is 19.7 Å². The van der Waals surface area contributed by atoms with Crippen molar-refractivity contribution in [2.24, 2.45) is 0 Å².